The maximum absolute atomic E-state index is 2.89. The lowest BCUT2D eigenvalue weighted by molar-refractivity contribution is 0.0206. The number of hydrogen-bond donors (Lipinski definition) is 0. The zero-order valence-electron chi connectivity index (χ0n) is 10.8. The molecule has 1 aliphatic heterocycles. The number of nitrogens with zero attached hydrogens (tertiary/aromatic N) is 1. The molecule has 1 spiro atoms. The van der Waals surface area contributed by atoms with Crippen LogP contribution in [-0.4, -0.2) is 23.0 Å². The summed E-state index contributed by atoms with van der Waals surface area (Å²) in [6.45, 7) is 7.85. The Labute approximate surface area is 95.2 Å². The molecule has 1 nitrogen and oxygen atoms in total. The third-order valence-electron chi connectivity index (χ3n) is 4.54. The van der Waals surface area contributed by atoms with Crippen molar-refractivity contribution in [3.05, 3.63) is 0 Å². The quantitative estimate of drug-likeness (QED) is 0.634. The lowest BCUT2D eigenvalue weighted by atomic mass is 9.83. The van der Waals surface area contributed by atoms with Crippen LogP contribution in [0.1, 0.15) is 65.7 Å². The molecular formula is C14H27N. The molecule has 1 atom stereocenters. The first-order valence-corrected chi connectivity index (χ1v) is 7.07. The van der Waals surface area contributed by atoms with E-state index in [1.54, 1.807) is 0 Å². The van der Waals surface area contributed by atoms with E-state index in [0.29, 0.717) is 0 Å². The van der Waals surface area contributed by atoms with Gasteiger partial charge in [0.2, 0.25) is 0 Å². The first-order valence-electron chi connectivity index (χ1n) is 7.07. The summed E-state index contributed by atoms with van der Waals surface area (Å²) in [5.41, 5.74) is 0.725. The van der Waals surface area contributed by atoms with Crippen LogP contribution in [0.2, 0.25) is 0 Å². The number of piperidine rings is 1. The zero-order chi connectivity index (χ0) is 10.9. The number of hydrogen-bond acceptors (Lipinski definition) is 1. The summed E-state index contributed by atoms with van der Waals surface area (Å²) in [5.74, 6) is 0.999. The van der Waals surface area contributed by atoms with Crippen LogP contribution in [0.15, 0.2) is 0 Å². The summed E-state index contributed by atoms with van der Waals surface area (Å²) >= 11 is 0. The molecule has 1 heteroatoms. The van der Waals surface area contributed by atoms with Gasteiger partial charge in [0.15, 0.2) is 0 Å². The lowest BCUT2D eigenvalue weighted by Gasteiger charge is -2.47. The molecule has 0 amide bonds. The van der Waals surface area contributed by atoms with Gasteiger partial charge in [-0.2, -0.15) is 0 Å². The average molecular weight is 209 g/mol. The smallest absolute Gasteiger partial charge is 0.0216 e. The summed E-state index contributed by atoms with van der Waals surface area (Å²) in [6.07, 6.45) is 10.5. The molecule has 88 valence electrons. The number of rotatable bonds is 1. The van der Waals surface area contributed by atoms with Crippen molar-refractivity contribution < 1.29 is 0 Å². The third-order valence-corrected chi connectivity index (χ3v) is 4.54. The maximum atomic E-state index is 2.89. The molecule has 2 aliphatic carbocycles. The second kappa shape index (κ2) is 4.45. The largest absolute Gasteiger partial charge is 0.295 e. The van der Waals surface area contributed by atoms with Crippen LogP contribution >= 0.6 is 0 Å². The van der Waals surface area contributed by atoms with E-state index in [9.17, 15) is 0 Å². The molecule has 3 aliphatic rings. The molecule has 0 aromatic carbocycles. The van der Waals surface area contributed by atoms with Crippen molar-refractivity contribution in [1.29, 1.82) is 0 Å². The van der Waals surface area contributed by atoms with E-state index in [1.165, 1.54) is 51.5 Å². The highest BCUT2D eigenvalue weighted by Gasteiger charge is 2.53. The van der Waals surface area contributed by atoms with Crippen LogP contribution in [0.4, 0.5) is 0 Å². The van der Waals surface area contributed by atoms with Crippen LogP contribution in [-0.2, 0) is 0 Å². The molecule has 0 aromatic rings. The van der Waals surface area contributed by atoms with Crippen molar-refractivity contribution in [2.75, 3.05) is 6.54 Å². The van der Waals surface area contributed by atoms with Crippen LogP contribution in [0.5, 0.6) is 0 Å². The molecule has 3 fully saturated rings. The van der Waals surface area contributed by atoms with Gasteiger partial charge < -0.3 is 0 Å². The highest BCUT2D eigenvalue weighted by molar-refractivity contribution is 5.09. The summed E-state index contributed by atoms with van der Waals surface area (Å²) in [4.78, 5) is 2.89. The van der Waals surface area contributed by atoms with Crippen LogP contribution in [0.25, 0.3) is 0 Å². The molecule has 0 aromatic heterocycles. The van der Waals surface area contributed by atoms with E-state index in [4.69, 9.17) is 0 Å². The molecule has 0 N–H and O–H groups in total. The Balaban J connectivity index is 0.000000404. The predicted molar refractivity (Wildman–Crippen MR) is 66.1 cm³/mol. The normalized spacial score (nSPS) is 34.2. The fourth-order valence-electron chi connectivity index (χ4n) is 3.37. The second-order valence-electron chi connectivity index (χ2n) is 5.60. The van der Waals surface area contributed by atoms with E-state index in [-0.39, 0.29) is 0 Å². The highest BCUT2D eigenvalue weighted by Crippen LogP contribution is 2.52. The topological polar surface area (TPSA) is 3.24 Å². The molecule has 1 heterocycles. The van der Waals surface area contributed by atoms with Gasteiger partial charge in [0.1, 0.15) is 0 Å². The first kappa shape index (κ1) is 11.4. The van der Waals surface area contributed by atoms with E-state index in [2.05, 4.69) is 11.8 Å². The van der Waals surface area contributed by atoms with Crippen molar-refractivity contribution >= 4 is 0 Å². The molecule has 1 saturated heterocycles. The summed E-state index contributed by atoms with van der Waals surface area (Å²) in [6, 6.07) is 0.995. The van der Waals surface area contributed by atoms with Gasteiger partial charge in [-0.05, 0) is 51.0 Å². The molecule has 0 radical (unpaired) electrons. The van der Waals surface area contributed by atoms with Gasteiger partial charge in [-0.3, -0.25) is 4.90 Å². The lowest BCUT2D eigenvalue weighted by Crippen LogP contribution is -2.52. The van der Waals surface area contributed by atoms with E-state index in [1.807, 2.05) is 13.8 Å². The Morgan fingerprint density at radius 2 is 1.73 bits per heavy atom. The van der Waals surface area contributed by atoms with Gasteiger partial charge in [-0.25, -0.2) is 0 Å². The average Bonchev–Trinajstić information content (AvgIpc) is 2.91. The highest BCUT2D eigenvalue weighted by atomic mass is 15.3. The van der Waals surface area contributed by atoms with E-state index >= 15 is 0 Å². The van der Waals surface area contributed by atoms with Crippen LogP contribution < -0.4 is 0 Å². The predicted octanol–water partition coefficient (Wildman–Crippen LogP) is 3.83. The summed E-state index contributed by atoms with van der Waals surface area (Å²) in [5, 5.41) is 0. The fraction of sp³-hybridized carbons (Fsp3) is 1.00. The summed E-state index contributed by atoms with van der Waals surface area (Å²) in [7, 11) is 0. The van der Waals surface area contributed by atoms with Gasteiger partial charge in [0.05, 0.1) is 0 Å². The van der Waals surface area contributed by atoms with Crippen molar-refractivity contribution in [3.63, 3.8) is 0 Å². The first-order chi connectivity index (χ1) is 7.30. The van der Waals surface area contributed by atoms with Crippen LogP contribution in [0.3, 0.4) is 0 Å². The minimum atomic E-state index is 0.725. The summed E-state index contributed by atoms with van der Waals surface area (Å²) < 4.78 is 0. The second-order valence-corrected chi connectivity index (χ2v) is 5.60. The van der Waals surface area contributed by atoms with Crippen LogP contribution in [0, 0.1) is 5.92 Å². The maximum Gasteiger partial charge on any atom is 0.0216 e. The standard InChI is InChI=1S/C12H21N.C2H6/c1-10-5-8-13(11-3-2-4-11)12(9-10)6-7-12;1-2/h10-11H,2-9H2,1H3;1-2H3. The van der Waals surface area contributed by atoms with E-state index < -0.39 is 0 Å². The monoisotopic (exact) mass is 209 g/mol. The van der Waals surface area contributed by atoms with Gasteiger partial charge in [0.25, 0.3) is 0 Å². The van der Waals surface area contributed by atoms with E-state index in [0.717, 1.165) is 17.5 Å². The van der Waals surface area contributed by atoms with Gasteiger partial charge in [-0.1, -0.05) is 27.2 Å². The molecule has 3 rings (SSSR count). The zero-order valence-corrected chi connectivity index (χ0v) is 10.8. The Morgan fingerprint density at radius 3 is 2.20 bits per heavy atom. The Hall–Kier alpha value is -0.0400. The van der Waals surface area contributed by atoms with Gasteiger partial charge >= 0.3 is 0 Å². The number of likely N-dealkylation sites (tertiary alicyclic amines) is 1. The SMILES string of the molecule is CC.CC1CCN(C2CCC2)C2(CC2)C1. The molecule has 15 heavy (non-hydrogen) atoms. The van der Waals surface area contributed by atoms with Crippen molar-refractivity contribution in [3.8, 4) is 0 Å². The van der Waals surface area contributed by atoms with Crippen molar-refractivity contribution in [2.24, 2.45) is 5.92 Å². The molecule has 1 unspecified atom stereocenters. The molecular weight excluding hydrogens is 182 g/mol. The molecule has 2 saturated carbocycles. The Bertz CT molecular complexity index is 203. The van der Waals surface area contributed by atoms with Crippen molar-refractivity contribution in [2.45, 2.75) is 77.3 Å². The Morgan fingerprint density at radius 1 is 1.07 bits per heavy atom. The Kier molecular flexibility index (Phi) is 3.39. The third kappa shape index (κ3) is 2.08. The minimum Gasteiger partial charge on any atom is -0.295 e. The fourth-order valence-corrected chi connectivity index (χ4v) is 3.37. The minimum absolute atomic E-state index is 0.725. The van der Waals surface area contributed by atoms with Gasteiger partial charge in [-0.15, -0.1) is 0 Å². The molecule has 0 bridgehead atoms. The van der Waals surface area contributed by atoms with Gasteiger partial charge in [0, 0.05) is 11.6 Å². The van der Waals surface area contributed by atoms with Crippen molar-refractivity contribution in [1.82, 2.24) is 4.90 Å².